The monoisotopic (exact) mass is 234 g/mol. The van der Waals surface area contributed by atoms with E-state index in [0.717, 1.165) is 17.8 Å². The molecule has 0 amide bonds. The standard InChI is InChI=1S/C17H30/c1-6-8-14-13(2)9-10-15-16(3,4)11-7-12-17(14,15)5/h6,13-15H,1,7-12H2,2-5H3/t13-,14-,15?,17+/m0/s1. The highest BCUT2D eigenvalue weighted by Crippen LogP contribution is 2.61. The van der Waals surface area contributed by atoms with Crippen LogP contribution in [0.2, 0.25) is 0 Å². The topological polar surface area (TPSA) is 0 Å². The van der Waals surface area contributed by atoms with E-state index in [0.29, 0.717) is 10.8 Å². The molecule has 4 atom stereocenters. The molecular formula is C17H30. The van der Waals surface area contributed by atoms with Crippen LogP contribution in [0, 0.1) is 28.6 Å². The van der Waals surface area contributed by atoms with Gasteiger partial charge in [0.15, 0.2) is 0 Å². The third kappa shape index (κ3) is 2.09. The Bertz CT molecular complexity index is 288. The zero-order chi connectivity index (χ0) is 12.7. The Kier molecular flexibility index (Phi) is 3.45. The molecule has 0 bridgehead atoms. The molecule has 2 aliphatic rings. The molecule has 2 saturated carbocycles. The van der Waals surface area contributed by atoms with E-state index in [1.165, 1.54) is 38.5 Å². The van der Waals surface area contributed by atoms with E-state index < -0.39 is 0 Å². The first-order valence-electron chi connectivity index (χ1n) is 7.53. The smallest absolute Gasteiger partial charge is 0.0259 e. The average molecular weight is 234 g/mol. The van der Waals surface area contributed by atoms with Gasteiger partial charge < -0.3 is 0 Å². The van der Waals surface area contributed by atoms with E-state index in [1.54, 1.807) is 0 Å². The quantitative estimate of drug-likeness (QED) is 0.558. The Labute approximate surface area is 108 Å². The lowest BCUT2D eigenvalue weighted by Gasteiger charge is -2.59. The van der Waals surface area contributed by atoms with E-state index in [1.807, 2.05) is 0 Å². The summed E-state index contributed by atoms with van der Waals surface area (Å²) in [6, 6.07) is 0. The average Bonchev–Trinajstić information content (AvgIpc) is 2.22. The van der Waals surface area contributed by atoms with Crippen LogP contribution in [0.15, 0.2) is 12.7 Å². The predicted molar refractivity (Wildman–Crippen MR) is 75.9 cm³/mol. The minimum absolute atomic E-state index is 0.562. The van der Waals surface area contributed by atoms with E-state index in [2.05, 4.69) is 40.3 Å². The molecule has 1 unspecified atom stereocenters. The van der Waals surface area contributed by atoms with Gasteiger partial charge in [0.2, 0.25) is 0 Å². The number of hydrogen-bond acceptors (Lipinski definition) is 0. The van der Waals surface area contributed by atoms with Crippen LogP contribution in [0.1, 0.15) is 66.2 Å². The van der Waals surface area contributed by atoms with Crippen molar-refractivity contribution >= 4 is 0 Å². The molecule has 0 heterocycles. The first kappa shape index (κ1) is 13.2. The molecule has 0 aromatic heterocycles. The molecule has 0 aliphatic heterocycles. The van der Waals surface area contributed by atoms with Crippen molar-refractivity contribution in [2.24, 2.45) is 28.6 Å². The van der Waals surface area contributed by atoms with E-state index >= 15 is 0 Å². The van der Waals surface area contributed by atoms with E-state index in [-0.39, 0.29) is 0 Å². The summed E-state index contributed by atoms with van der Waals surface area (Å²) < 4.78 is 0. The van der Waals surface area contributed by atoms with Crippen LogP contribution in [0.25, 0.3) is 0 Å². The molecule has 0 nitrogen and oxygen atoms in total. The van der Waals surface area contributed by atoms with Crippen LogP contribution in [-0.4, -0.2) is 0 Å². The second-order valence-corrected chi connectivity index (χ2v) is 7.59. The summed E-state index contributed by atoms with van der Waals surface area (Å²) in [4.78, 5) is 0. The SMILES string of the molecule is C=CC[C@H]1[C@@H](C)CCC2C(C)(C)CCC[C@@]21C. The van der Waals surface area contributed by atoms with Gasteiger partial charge in [-0.25, -0.2) is 0 Å². The van der Waals surface area contributed by atoms with Gasteiger partial charge in [-0.2, -0.15) is 0 Å². The highest BCUT2D eigenvalue weighted by Gasteiger charge is 2.53. The van der Waals surface area contributed by atoms with Crippen LogP contribution in [0.3, 0.4) is 0 Å². The third-order valence-electron chi connectivity index (χ3n) is 6.14. The van der Waals surface area contributed by atoms with Crippen molar-refractivity contribution in [3.63, 3.8) is 0 Å². The Morgan fingerprint density at radius 2 is 1.88 bits per heavy atom. The van der Waals surface area contributed by atoms with Crippen molar-refractivity contribution in [1.29, 1.82) is 0 Å². The zero-order valence-corrected chi connectivity index (χ0v) is 12.3. The molecule has 98 valence electrons. The van der Waals surface area contributed by atoms with Gasteiger partial charge in [-0.1, -0.05) is 46.6 Å². The molecule has 2 fully saturated rings. The van der Waals surface area contributed by atoms with Gasteiger partial charge in [-0.3, -0.25) is 0 Å². The van der Waals surface area contributed by atoms with Crippen molar-refractivity contribution in [3.05, 3.63) is 12.7 Å². The maximum atomic E-state index is 3.99. The fraction of sp³-hybridized carbons (Fsp3) is 0.882. The highest BCUT2D eigenvalue weighted by molar-refractivity contribution is 5.03. The highest BCUT2D eigenvalue weighted by atomic mass is 14.6. The first-order valence-corrected chi connectivity index (χ1v) is 7.53. The Balaban J connectivity index is 2.31. The summed E-state index contributed by atoms with van der Waals surface area (Å²) in [5, 5.41) is 0. The summed E-state index contributed by atoms with van der Waals surface area (Å²) in [6.07, 6.45) is 10.6. The largest absolute Gasteiger partial charge is 0.103 e. The molecule has 17 heavy (non-hydrogen) atoms. The van der Waals surface area contributed by atoms with Gasteiger partial charge in [-0.15, -0.1) is 6.58 Å². The molecule has 0 radical (unpaired) electrons. The second-order valence-electron chi connectivity index (χ2n) is 7.59. The van der Waals surface area contributed by atoms with Crippen molar-refractivity contribution in [3.8, 4) is 0 Å². The molecule has 2 aliphatic carbocycles. The fourth-order valence-electron chi connectivity index (χ4n) is 5.29. The molecule has 0 N–H and O–H groups in total. The van der Waals surface area contributed by atoms with Gasteiger partial charge in [0.05, 0.1) is 0 Å². The zero-order valence-electron chi connectivity index (χ0n) is 12.3. The summed E-state index contributed by atoms with van der Waals surface area (Å²) in [5.74, 6) is 2.70. The van der Waals surface area contributed by atoms with Crippen molar-refractivity contribution in [1.82, 2.24) is 0 Å². The summed E-state index contributed by atoms with van der Waals surface area (Å²) in [7, 11) is 0. The Morgan fingerprint density at radius 3 is 2.53 bits per heavy atom. The van der Waals surface area contributed by atoms with Crippen LogP contribution < -0.4 is 0 Å². The first-order chi connectivity index (χ1) is 7.92. The molecule has 0 aromatic rings. The minimum atomic E-state index is 0.562. The van der Waals surface area contributed by atoms with Crippen molar-refractivity contribution in [2.75, 3.05) is 0 Å². The van der Waals surface area contributed by atoms with E-state index in [9.17, 15) is 0 Å². The molecule has 2 rings (SSSR count). The number of allylic oxidation sites excluding steroid dienone is 1. The lowest BCUT2D eigenvalue weighted by atomic mass is 9.46. The summed E-state index contributed by atoms with van der Waals surface area (Å²) in [5.41, 5.74) is 1.14. The Morgan fingerprint density at radius 1 is 1.18 bits per heavy atom. The fourth-order valence-corrected chi connectivity index (χ4v) is 5.29. The lowest BCUT2D eigenvalue weighted by molar-refractivity contribution is -0.0921. The van der Waals surface area contributed by atoms with Crippen LogP contribution in [0.5, 0.6) is 0 Å². The molecular weight excluding hydrogens is 204 g/mol. The number of hydrogen-bond donors (Lipinski definition) is 0. The Hall–Kier alpha value is -0.260. The molecule has 0 saturated heterocycles. The number of fused-ring (bicyclic) bond motifs is 1. The molecule has 0 aromatic carbocycles. The van der Waals surface area contributed by atoms with Gasteiger partial charge >= 0.3 is 0 Å². The maximum absolute atomic E-state index is 3.99. The maximum Gasteiger partial charge on any atom is -0.0259 e. The van der Waals surface area contributed by atoms with Gasteiger partial charge in [-0.05, 0) is 54.3 Å². The normalized spacial score (nSPS) is 45.1. The molecule has 0 spiro atoms. The van der Waals surface area contributed by atoms with Crippen LogP contribution in [-0.2, 0) is 0 Å². The van der Waals surface area contributed by atoms with Gasteiger partial charge in [0, 0.05) is 0 Å². The van der Waals surface area contributed by atoms with Crippen molar-refractivity contribution < 1.29 is 0 Å². The van der Waals surface area contributed by atoms with E-state index in [4.69, 9.17) is 0 Å². The predicted octanol–water partition coefficient (Wildman–Crippen LogP) is 5.44. The molecule has 0 heteroatoms. The van der Waals surface area contributed by atoms with Gasteiger partial charge in [0.1, 0.15) is 0 Å². The van der Waals surface area contributed by atoms with Crippen LogP contribution in [0.4, 0.5) is 0 Å². The second kappa shape index (κ2) is 4.44. The van der Waals surface area contributed by atoms with Crippen molar-refractivity contribution in [2.45, 2.75) is 66.2 Å². The van der Waals surface area contributed by atoms with Gasteiger partial charge in [0.25, 0.3) is 0 Å². The number of rotatable bonds is 2. The lowest BCUT2D eigenvalue weighted by Crippen LogP contribution is -2.50. The summed E-state index contributed by atoms with van der Waals surface area (Å²) in [6.45, 7) is 14.1. The summed E-state index contributed by atoms with van der Waals surface area (Å²) >= 11 is 0. The van der Waals surface area contributed by atoms with Crippen LogP contribution >= 0.6 is 0 Å². The minimum Gasteiger partial charge on any atom is -0.103 e. The third-order valence-corrected chi connectivity index (χ3v) is 6.14.